The van der Waals surface area contributed by atoms with E-state index in [9.17, 15) is 8.78 Å². The highest BCUT2D eigenvalue weighted by Gasteiger charge is 2.30. The number of benzene rings is 3. The van der Waals surface area contributed by atoms with E-state index in [2.05, 4.69) is 29.8 Å². The Kier molecular flexibility index (Phi) is 12.7. The highest BCUT2D eigenvalue weighted by Crippen LogP contribution is 2.38. The minimum absolute atomic E-state index is 0.0155. The molecule has 0 saturated carbocycles. The number of hydrogen-bond acceptors (Lipinski definition) is 4. The van der Waals surface area contributed by atoms with Crippen LogP contribution in [0.3, 0.4) is 0 Å². The Morgan fingerprint density at radius 2 is 1.52 bits per heavy atom. The Morgan fingerprint density at radius 1 is 0.833 bits per heavy atom. The maximum absolute atomic E-state index is 14.4. The molecule has 7 heteroatoms. The first-order valence-corrected chi connectivity index (χ1v) is 16.1. The second-order valence-corrected chi connectivity index (χ2v) is 12.5. The van der Waals surface area contributed by atoms with Gasteiger partial charge in [0.25, 0.3) is 0 Å². The molecule has 228 valence electrons. The lowest BCUT2D eigenvalue weighted by Crippen LogP contribution is -2.29. The average Bonchev–Trinajstić information content (AvgIpc) is 3.00. The van der Waals surface area contributed by atoms with Gasteiger partial charge in [0.2, 0.25) is 0 Å². The van der Waals surface area contributed by atoms with Gasteiger partial charge in [-0.25, -0.2) is 8.78 Å². The fourth-order valence-corrected chi connectivity index (χ4v) is 6.43. The van der Waals surface area contributed by atoms with Gasteiger partial charge in [-0.1, -0.05) is 85.1 Å². The van der Waals surface area contributed by atoms with Crippen molar-refractivity contribution in [1.82, 2.24) is 0 Å². The first-order chi connectivity index (χ1) is 20.4. The zero-order chi connectivity index (χ0) is 29.9. The van der Waals surface area contributed by atoms with E-state index in [1.54, 1.807) is 18.2 Å². The fourth-order valence-electron chi connectivity index (χ4n) is 5.67. The molecule has 42 heavy (non-hydrogen) atoms. The number of halogens is 3. The molecule has 4 nitrogen and oxygen atoms in total. The third-order valence-electron chi connectivity index (χ3n) is 8.10. The van der Waals surface area contributed by atoms with Crippen molar-refractivity contribution in [3.63, 3.8) is 0 Å². The molecule has 0 aliphatic carbocycles. The van der Waals surface area contributed by atoms with Gasteiger partial charge in [0.15, 0.2) is 23.1 Å². The van der Waals surface area contributed by atoms with Crippen molar-refractivity contribution < 1.29 is 28.1 Å². The molecular formula is C35H43BrF2O4. The molecule has 3 aromatic carbocycles. The minimum Gasteiger partial charge on any atom is -0.505 e. The predicted molar refractivity (Wildman–Crippen MR) is 166 cm³/mol. The Hall–Kier alpha value is -2.48. The molecule has 0 amide bonds. The highest BCUT2D eigenvalue weighted by atomic mass is 79.9. The Labute approximate surface area is 257 Å². The number of rotatable bonds is 9. The Balaban J connectivity index is 0.000000208. The van der Waals surface area contributed by atoms with Crippen LogP contribution in [0.4, 0.5) is 8.78 Å². The number of aromatic hydroxyl groups is 1. The lowest BCUT2D eigenvalue weighted by molar-refractivity contribution is -0.0196. The monoisotopic (exact) mass is 644 g/mol. The number of alkyl halides is 1. The maximum Gasteiger partial charge on any atom is 0.165 e. The maximum atomic E-state index is 14.4. The van der Waals surface area contributed by atoms with Gasteiger partial charge in [0.05, 0.1) is 25.4 Å². The highest BCUT2D eigenvalue weighted by molar-refractivity contribution is 9.09. The van der Waals surface area contributed by atoms with Crippen LogP contribution in [0.15, 0.2) is 66.7 Å². The second-order valence-electron chi connectivity index (χ2n) is 11.4. The smallest absolute Gasteiger partial charge is 0.165 e. The fraction of sp³-hybridized carbons (Fsp3) is 0.486. The van der Waals surface area contributed by atoms with E-state index >= 15 is 0 Å². The van der Waals surface area contributed by atoms with E-state index in [1.807, 2.05) is 36.4 Å². The van der Waals surface area contributed by atoms with E-state index in [0.29, 0.717) is 23.3 Å². The summed E-state index contributed by atoms with van der Waals surface area (Å²) < 4.78 is 45.0. The van der Waals surface area contributed by atoms with Crippen LogP contribution in [0.5, 0.6) is 11.5 Å². The molecule has 0 aromatic heterocycles. The quantitative estimate of drug-likeness (QED) is 0.236. The first kappa shape index (κ1) is 32.4. The lowest BCUT2D eigenvalue weighted by Gasteiger charge is -2.33. The van der Waals surface area contributed by atoms with Crippen LogP contribution < -0.4 is 4.74 Å². The van der Waals surface area contributed by atoms with Gasteiger partial charge < -0.3 is 19.3 Å². The third kappa shape index (κ3) is 9.26. The molecule has 2 fully saturated rings. The molecule has 2 saturated heterocycles. The molecule has 2 heterocycles. The molecule has 2 aliphatic rings. The zero-order valence-electron chi connectivity index (χ0n) is 24.6. The lowest BCUT2D eigenvalue weighted by atomic mass is 9.91. The van der Waals surface area contributed by atoms with E-state index in [0.717, 1.165) is 62.0 Å². The molecule has 3 aromatic rings. The van der Waals surface area contributed by atoms with Gasteiger partial charge in [-0.05, 0) is 84.9 Å². The number of ether oxygens (including phenoxy) is 3. The molecule has 2 aliphatic heterocycles. The Morgan fingerprint density at radius 3 is 2.17 bits per heavy atom. The molecule has 1 N–H and O–H groups in total. The first-order valence-electron chi connectivity index (χ1n) is 15.2. The van der Waals surface area contributed by atoms with Crippen LogP contribution in [-0.4, -0.2) is 23.1 Å². The normalized spacial score (nSPS) is 24.0. The summed E-state index contributed by atoms with van der Waals surface area (Å²) >= 11 is 3.78. The molecular weight excluding hydrogens is 602 g/mol. The average molecular weight is 646 g/mol. The van der Waals surface area contributed by atoms with Gasteiger partial charge in [0.1, 0.15) is 6.61 Å². The van der Waals surface area contributed by atoms with Crippen LogP contribution in [0.2, 0.25) is 0 Å². The number of hydrogen-bond donors (Lipinski definition) is 1. The third-order valence-corrected chi connectivity index (χ3v) is 9.22. The molecule has 5 rings (SSSR count). The summed E-state index contributed by atoms with van der Waals surface area (Å²) in [5.74, 6) is 0.273. The van der Waals surface area contributed by atoms with Gasteiger partial charge in [-0.15, -0.1) is 0 Å². The van der Waals surface area contributed by atoms with Gasteiger partial charge in [-0.3, -0.25) is 0 Å². The van der Waals surface area contributed by atoms with E-state index in [-0.39, 0.29) is 29.5 Å². The topological polar surface area (TPSA) is 47.9 Å². The van der Waals surface area contributed by atoms with Crippen molar-refractivity contribution in [2.75, 3.05) is 13.2 Å². The van der Waals surface area contributed by atoms with Crippen molar-refractivity contribution in [3.05, 3.63) is 95.1 Å². The van der Waals surface area contributed by atoms with Crippen LogP contribution in [0.25, 0.3) is 0 Å². The van der Waals surface area contributed by atoms with Gasteiger partial charge >= 0.3 is 0 Å². The van der Waals surface area contributed by atoms with Crippen LogP contribution in [0, 0.1) is 23.5 Å². The second kappa shape index (κ2) is 16.4. The zero-order valence-corrected chi connectivity index (χ0v) is 26.2. The van der Waals surface area contributed by atoms with Crippen LogP contribution in [0.1, 0.15) is 87.7 Å². The van der Waals surface area contributed by atoms with Crippen LogP contribution in [-0.2, 0) is 16.1 Å². The van der Waals surface area contributed by atoms with E-state index < -0.39 is 5.82 Å². The van der Waals surface area contributed by atoms with Crippen LogP contribution >= 0.6 is 15.9 Å². The standard InChI is InChI=1S/C21H24BrFO2.C14H19FO2/c1-2-6-17-14-25-21(12-18(17)22)16-9-10-20(19(23)11-16)24-13-15-7-4-3-5-8-15;1-2-3-10-4-7-14(17-9-10)11-5-6-13(16)12(15)8-11/h3-5,7-11,17-18,21H,2,6,12-14H2,1H3;5-6,8,10,14,16H,2-4,7,9H2,1H3. The summed E-state index contributed by atoms with van der Waals surface area (Å²) in [4.78, 5) is 0.420. The van der Waals surface area contributed by atoms with Gasteiger partial charge in [-0.2, -0.15) is 0 Å². The van der Waals surface area contributed by atoms with Crippen molar-refractivity contribution in [1.29, 1.82) is 0 Å². The Bertz CT molecular complexity index is 1230. The molecule has 5 atom stereocenters. The number of phenols is 1. The summed E-state index contributed by atoms with van der Waals surface area (Å²) in [6, 6.07) is 19.4. The summed E-state index contributed by atoms with van der Waals surface area (Å²) in [7, 11) is 0. The molecule has 0 spiro atoms. The largest absolute Gasteiger partial charge is 0.505 e. The van der Waals surface area contributed by atoms with Gasteiger partial charge in [0, 0.05) is 4.83 Å². The van der Waals surface area contributed by atoms with Crippen molar-refractivity contribution in [2.24, 2.45) is 11.8 Å². The van der Waals surface area contributed by atoms with Crippen molar-refractivity contribution in [2.45, 2.75) is 82.4 Å². The molecule has 0 radical (unpaired) electrons. The summed E-state index contributed by atoms with van der Waals surface area (Å²) in [5.41, 5.74) is 2.73. The molecule has 5 unspecified atom stereocenters. The van der Waals surface area contributed by atoms with E-state index in [4.69, 9.17) is 19.3 Å². The van der Waals surface area contributed by atoms with E-state index in [1.165, 1.54) is 25.0 Å². The SMILES string of the molecule is CCCC1CCC(c2ccc(O)c(F)c2)OC1.CCCC1COC(c2ccc(OCc3ccccc3)c(F)c2)CC1Br. The summed E-state index contributed by atoms with van der Waals surface area (Å²) in [6.45, 7) is 6.22. The molecule has 0 bridgehead atoms. The predicted octanol–water partition coefficient (Wildman–Crippen LogP) is 9.84. The summed E-state index contributed by atoms with van der Waals surface area (Å²) in [5, 5.41) is 9.14. The minimum atomic E-state index is -0.568. The number of phenolic OH excluding ortho intramolecular Hbond substituents is 1. The van der Waals surface area contributed by atoms with Crippen molar-refractivity contribution >= 4 is 15.9 Å². The van der Waals surface area contributed by atoms with Crippen molar-refractivity contribution in [3.8, 4) is 11.5 Å². The summed E-state index contributed by atoms with van der Waals surface area (Å²) in [6.07, 6.45) is 7.58.